The topological polar surface area (TPSA) is 51.0 Å². The Bertz CT molecular complexity index is 1010. The first-order chi connectivity index (χ1) is 14.9. The molecule has 0 saturated carbocycles. The minimum atomic E-state index is -4.45. The molecule has 1 unspecified atom stereocenters. The van der Waals surface area contributed by atoms with Crippen LogP contribution in [0.3, 0.4) is 0 Å². The number of alkyl halides is 3. The number of aromatic nitrogens is 2. The molecule has 31 heavy (non-hydrogen) atoms. The van der Waals surface area contributed by atoms with Gasteiger partial charge in [-0.3, -0.25) is 0 Å². The fourth-order valence-electron chi connectivity index (χ4n) is 4.03. The van der Waals surface area contributed by atoms with Gasteiger partial charge < -0.3 is 9.84 Å². The molecule has 4 rings (SSSR count). The van der Waals surface area contributed by atoms with Crippen molar-refractivity contribution in [3.8, 4) is 11.4 Å². The number of halogens is 3. The molecule has 1 saturated heterocycles. The molecule has 0 spiro atoms. The Labute approximate surface area is 179 Å². The molecule has 1 N–H and O–H groups in total. The smallest absolute Gasteiger partial charge is 0.337 e. The van der Waals surface area contributed by atoms with Crippen LogP contribution in [-0.2, 0) is 25.4 Å². The zero-order valence-corrected chi connectivity index (χ0v) is 17.5. The summed E-state index contributed by atoms with van der Waals surface area (Å²) in [7, 11) is 0. The van der Waals surface area contributed by atoms with Crippen molar-refractivity contribution in [3.05, 3.63) is 70.6 Å². The molecule has 0 aliphatic carbocycles. The molecule has 2 aromatic carbocycles. The zero-order chi connectivity index (χ0) is 21.8. The number of aryl methyl sites for hydroxylation is 3. The maximum Gasteiger partial charge on any atom is 0.416 e. The quantitative estimate of drug-likeness (QED) is 0.507. The van der Waals surface area contributed by atoms with Crippen molar-refractivity contribution in [1.82, 2.24) is 15.5 Å². The van der Waals surface area contributed by atoms with Crippen LogP contribution in [0.4, 0.5) is 13.2 Å². The largest absolute Gasteiger partial charge is 0.416 e. The summed E-state index contributed by atoms with van der Waals surface area (Å²) in [5, 5.41) is 7.16. The highest BCUT2D eigenvalue weighted by Gasteiger charge is 2.34. The van der Waals surface area contributed by atoms with Crippen molar-refractivity contribution in [2.24, 2.45) is 0 Å². The molecule has 0 bridgehead atoms. The summed E-state index contributed by atoms with van der Waals surface area (Å²) in [6, 6.07) is 12.4. The van der Waals surface area contributed by atoms with Gasteiger partial charge in [-0.1, -0.05) is 54.9 Å². The van der Waals surface area contributed by atoms with Crippen LogP contribution >= 0.6 is 0 Å². The van der Waals surface area contributed by atoms with Crippen LogP contribution < -0.4 is 5.32 Å². The standard InChI is InChI=1S/C24H26F3N3O/c1-2-4-16-6-8-17(9-7-16)10-11-18-12-13-19(15-20(18)24(25,26)27)22-29-23(31-30-22)21-5-3-14-28-21/h6-9,12-13,15,21,28H,2-5,10-11,14H2,1H3. The van der Waals surface area contributed by atoms with E-state index in [1.54, 1.807) is 6.07 Å². The summed E-state index contributed by atoms with van der Waals surface area (Å²) < 4.78 is 46.6. The summed E-state index contributed by atoms with van der Waals surface area (Å²) in [4.78, 5) is 4.32. The molecule has 1 aliphatic heterocycles. The first-order valence-electron chi connectivity index (χ1n) is 10.8. The Morgan fingerprint density at radius 3 is 2.42 bits per heavy atom. The number of nitrogens with zero attached hydrogens (tertiary/aromatic N) is 2. The normalized spacial score (nSPS) is 16.7. The monoisotopic (exact) mass is 429 g/mol. The second-order valence-electron chi connectivity index (χ2n) is 8.04. The van der Waals surface area contributed by atoms with E-state index in [4.69, 9.17) is 4.52 Å². The summed E-state index contributed by atoms with van der Waals surface area (Å²) in [5.41, 5.74) is 2.23. The molecule has 7 heteroatoms. The summed E-state index contributed by atoms with van der Waals surface area (Å²) in [6.07, 6.45) is 0.384. The molecule has 0 radical (unpaired) electrons. The van der Waals surface area contributed by atoms with Crippen LogP contribution in [0.5, 0.6) is 0 Å². The van der Waals surface area contributed by atoms with Crippen LogP contribution in [0, 0.1) is 0 Å². The molecule has 164 valence electrons. The number of nitrogens with one attached hydrogen (secondary N) is 1. The van der Waals surface area contributed by atoms with E-state index in [2.05, 4.69) is 34.5 Å². The summed E-state index contributed by atoms with van der Waals surface area (Å²) >= 11 is 0. The molecule has 1 aliphatic rings. The molecule has 2 heterocycles. The van der Waals surface area contributed by atoms with Crippen LogP contribution in [0.2, 0.25) is 0 Å². The highest BCUT2D eigenvalue weighted by molar-refractivity contribution is 5.57. The molecule has 0 amide bonds. The predicted molar refractivity (Wildman–Crippen MR) is 113 cm³/mol. The van der Waals surface area contributed by atoms with Gasteiger partial charge >= 0.3 is 6.18 Å². The van der Waals surface area contributed by atoms with Gasteiger partial charge in [-0.2, -0.15) is 18.2 Å². The number of hydrogen-bond donors (Lipinski definition) is 1. The molecule has 1 fully saturated rings. The third kappa shape index (κ3) is 5.15. The Balaban J connectivity index is 1.53. The van der Waals surface area contributed by atoms with Crippen LogP contribution in [0.15, 0.2) is 47.0 Å². The molecular weight excluding hydrogens is 403 g/mol. The third-order valence-corrected chi connectivity index (χ3v) is 5.72. The lowest BCUT2D eigenvalue weighted by Crippen LogP contribution is -2.13. The minimum absolute atomic E-state index is 0.0219. The van der Waals surface area contributed by atoms with Gasteiger partial charge in [-0.05, 0) is 61.4 Å². The number of benzene rings is 2. The Kier molecular flexibility index (Phi) is 6.41. The molecule has 1 aromatic heterocycles. The van der Waals surface area contributed by atoms with Gasteiger partial charge in [0.2, 0.25) is 11.7 Å². The first-order valence-corrected chi connectivity index (χ1v) is 10.8. The SMILES string of the molecule is CCCc1ccc(CCc2ccc(-c3noc(C4CCCN4)n3)cc2C(F)(F)F)cc1. The van der Waals surface area contributed by atoms with Crippen molar-refractivity contribution in [3.63, 3.8) is 0 Å². The Hall–Kier alpha value is -2.67. The van der Waals surface area contributed by atoms with Crippen molar-refractivity contribution >= 4 is 0 Å². The van der Waals surface area contributed by atoms with E-state index in [0.717, 1.165) is 43.9 Å². The fraction of sp³-hybridized carbons (Fsp3) is 0.417. The van der Waals surface area contributed by atoms with Crippen LogP contribution in [-0.4, -0.2) is 16.7 Å². The van der Waals surface area contributed by atoms with Crippen molar-refractivity contribution in [2.75, 3.05) is 6.54 Å². The average Bonchev–Trinajstić information content (AvgIpc) is 3.45. The number of hydrogen-bond acceptors (Lipinski definition) is 4. The lowest BCUT2D eigenvalue weighted by Gasteiger charge is -2.14. The van der Waals surface area contributed by atoms with E-state index in [1.807, 2.05) is 12.1 Å². The minimum Gasteiger partial charge on any atom is -0.337 e. The predicted octanol–water partition coefficient (Wildman–Crippen LogP) is 5.92. The van der Waals surface area contributed by atoms with E-state index in [9.17, 15) is 13.2 Å². The number of rotatable bonds is 7. The van der Waals surface area contributed by atoms with Gasteiger partial charge in [0.25, 0.3) is 0 Å². The first kappa shape index (κ1) is 21.6. The van der Waals surface area contributed by atoms with Crippen molar-refractivity contribution in [2.45, 2.75) is 57.7 Å². The van der Waals surface area contributed by atoms with E-state index in [0.29, 0.717) is 24.3 Å². The maximum absolute atomic E-state index is 13.8. The molecule has 3 aromatic rings. The average molecular weight is 429 g/mol. The van der Waals surface area contributed by atoms with Crippen LogP contribution in [0.25, 0.3) is 11.4 Å². The van der Waals surface area contributed by atoms with E-state index in [-0.39, 0.29) is 17.4 Å². The molecular formula is C24H26F3N3O. The summed E-state index contributed by atoms with van der Waals surface area (Å²) in [5.74, 6) is 0.615. The van der Waals surface area contributed by atoms with E-state index in [1.165, 1.54) is 11.6 Å². The van der Waals surface area contributed by atoms with Gasteiger partial charge in [0.05, 0.1) is 11.6 Å². The highest BCUT2D eigenvalue weighted by atomic mass is 19.4. The van der Waals surface area contributed by atoms with Gasteiger partial charge in [0, 0.05) is 5.56 Å². The second kappa shape index (κ2) is 9.22. The highest BCUT2D eigenvalue weighted by Crippen LogP contribution is 2.35. The maximum atomic E-state index is 13.8. The fourth-order valence-corrected chi connectivity index (χ4v) is 4.03. The molecule has 1 atom stereocenters. The third-order valence-electron chi connectivity index (χ3n) is 5.72. The van der Waals surface area contributed by atoms with Crippen molar-refractivity contribution in [1.29, 1.82) is 0 Å². The Morgan fingerprint density at radius 2 is 1.77 bits per heavy atom. The van der Waals surface area contributed by atoms with E-state index >= 15 is 0 Å². The van der Waals surface area contributed by atoms with Gasteiger partial charge in [-0.25, -0.2) is 0 Å². The Morgan fingerprint density at radius 1 is 1.03 bits per heavy atom. The lowest BCUT2D eigenvalue weighted by atomic mass is 9.96. The van der Waals surface area contributed by atoms with Crippen LogP contribution in [0.1, 0.15) is 60.4 Å². The van der Waals surface area contributed by atoms with Gasteiger partial charge in [0.15, 0.2) is 0 Å². The van der Waals surface area contributed by atoms with Gasteiger partial charge in [0.1, 0.15) is 0 Å². The summed E-state index contributed by atoms with van der Waals surface area (Å²) in [6.45, 7) is 2.99. The zero-order valence-electron chi connectivity index (χ0n) is 17.5. The van der Waals surface area contributed by atoms with Gasteiger partial charge in [-0.15, -0.1) is 0 Å². The second-order valence-corrected chi connectivity index (χ2v) is 8.04. The molecule has 4 nitrogen and oxygen atoms in total. The van der Waals surface area contributed by atoms with E-state index < -0.39 is 11.7 Å². The van der Waals surface area contributed by atoms with Crippen molar-refractivity contribution < 1.29 is 17.7 Å². The lowest BCUT2D eigenvalue weighted by molar-refractivity contribution is -0.138.